The van der Waals surface area contributed by atoms with Crippen LogP contribution in [0.5, 0.6) is 5.75 Å². The number of carboxylic acids is 1. The van der Waals surface area contributed by atoms with Gasteiger partial charge in [0.1, 0.15) is 23.3 Å². The Hall–Kier alpha value is -2.37. The highest BCUT2D eigenvalue weighted by atomic mass is 16.5. The number of benzene rings is 1. The van der Waals surface area contributed by atoms with Gasteiger partial charge in [-0.1, -0.05) is 12.1 Å². The van der Waals surface area contributed by atoms with Crippen molar-refractivity contribution in [1.82, 2.24) is 14.8 Å². The minimum absolute atomic E-state index is 0.537. The molecule has 0 aliphatic carbocycles. The van der Waals surface area contributed by atoms with Crippen LogP contribution in [-0.4, -0.2) is 33.0 Å². The van der Waals surface area contributed by atoms with Crippen LogP contribution in [0.3, 0.4) is 0 Å². The lowest BCUT2D eigenvalue weighted by atomic mass is 9.99. The summed E-state index contributed by atoms with van der Waals surface area (Å²) in [5.41, 5.74) is 1.07. The van der Waals surface area contributed by atoms with Gasteiger partial charge in [0.2, 0.25) is 0 Å². The second kappa shape index (κ2) is 5.55. The number of carbonyl (C=O) groups is 1. The molecular weight excluding hydrogens is 270 g/mol. The van der Waals surface area contributed by atoms with Crippen LogP contribution >= 0.6 is 0 Å². The summed E-state index contributed by atoms with van der Waals surface area (Å²) in [6.45, 7) is 0.783. The molecule has 0 saturated carbocycles. The highest BCUT2D eigenvalue weighted by Crippen LogP contribution is 2.27. The molecule has 1 aromatic carbocycles. The highest BCUT2D eigenvalue weighted by molar-refractivity contribution is 5.75. The molecule has 3 rings (SSSR count). The summed E-state index contributed by atoms with van der Waals surface area (Å²) in [6.07, 6.45) is 2.09. The van der Waals surface area contributed by atoms with E-state index in [1.165, 1.54) is 0 Å². The second-order valence-electron chi connectivity index (χ2n) is 5.19. The predicted octanol–water partition coefficient (Wildman–Crippen LogP) is 1.84. The van der Waals surface area contributed by atoms with Crippen LogP contribution in [0.1, 0.15) is 36.0 Å². The summed E-state index contributed by atoms with van der Waals surface area (Å²) in [4.78, 5) is 11.3. The fourth-order valence-corrected chi connectivity index (χ4v) is 2.76. The zero-order valence-corrected chi connectivity index (χ0v) is 11.8. The van der Waals surface area contributed by atoms with E-state index in [1.807, 2.05) is 28.8 Å². The summed E-state index contributed by atoms with van der Waals surface area (Å²) in [7, 11) is 1.63. The smallest absolute Gasteiger partial charge is 0.314 e. The molecule has 0 bridgehead atoms. The topological polar surface area (TPSA) is 77.2 Å². The summed E-state index contributed by atoms with van der Waals surface area (Å²) in [5, 5.41) is 17.5. The Morgan fingerprint density at radius 3 is 3.10 bits per heavy atom. The molecule has 1 unspecified atom stereocenters. The monoisotopic (exact) mass is 287 g/mol. The van der Waals surface area contributed by atoms with Gasteiger partial charge in [-0.25, -0.2) is 0 Å². The summed E-state index contributed by atoms with van der Waals surface area (Å²) in [6, 6.07) is 7.78. The van der Waals surface area contributed by atoms with Crippen molar-refractivity contribution in [2.75, 3.05) is 7.11 Å². The molecule has 21 heavy (non-hydrogen) atoms. The molecule has 0 amide bonds. The van der Waals surface area contributed by atoms with Gasteiger partial charge in [0.05, 0.1) is 7.11 Å². The third-order valence-corrected chi connectivity index (χ3v) is 3.84. The lowest BCUT2D eigenvalue weighted by Gasteiger charge is -2.20. The van der Waals surface area contributed by atoms with Gasteiger partial charge in [0.25, 0.3) is 0 Å². The van der Waals surface area contributed by atoms with Gasteiger partial charge in [-0.15, -0.1) is 10.2 Å². The highest BCUT2D eigenvalue weighted by Gasteiger charge is 2.30. The van der Waals surface area contributed by atoms with Gasteiger partial charge in [-0.3, -0.25) is 4.79 Å². The quantitative estimate of drug-likeness (QED) is 0.928. The summed E-state index contributed by atoms with van der Waals surface area (Å²) >= 11 is 0. The molecule has 1 aliphatic heterocycles. The number of rotatable bonds is 4. The van der Waals surface area contributed by atoms with E-state index in [1.54, 1.807) is 7.11 Å². The molecule has 0 radical (unpaired) electrons. The van der Waals surface area contributed by atoms with Crippen LogP contribution < -0.4 is 4.74 Å². The fourth-order valence-electron chi connectivity index (χ4n) is 2.76. The van der Waals surface area contributed by atoms with Crippen LogP contribution in [-0.2, 0) is 17.8 Å². The van der Waals surface area contributed by atoms with E-state index < -0.39 is 11.9 Å². The largest absolute Gasteiger partial charge is 0.497 e. The first-order valence-electron chi connectivity index (χ1n) is 6.96. The third-order valence-electron chi connectivity index (χ3n) is 3.84. The molecule has 0 saturated heterocycles. The number of nitrogens with zero attached hydrogens (tertiary/aromatic N) is 3. The van der Waals surface area contributed by atoms with Gasteiger partial charge >= 0.3 is 5.97 Å². The lowest BCUT2D eigenvalue weighted by molar-refractivity contribution is -0.139. The molecule has 0 fully saturated rings. The molecular formula is C15H17N3O3. The first kappa shape index (κ1) is 13.6. The van der Waals surface area contributed by atoms with Crippen LogP contribution in [0, 0.1) is 0 Å². The van der Waals surface area contributed by atoms with Crippen molar-refractivity contribution in [3.63, 3.8) is 0 Å². The van der Waals surface area contributed by atoms with Gasteiger partial charge in [-0.2, -0.15) is 0 Å². The average Bonchev–Trinajstić information content (AvgIpc) is 2.90. The maximum atomic E-state index is 11.3. The number of aromatic nitrogens is 3. The van der Waals surface area contributed by atoms with Crippen LogP contribution in [0.25, 0.3) is 0 Å². The summed E-state index contributed by atoms with van der Waals surface area (Å²) < 4.78 is 7.16. The molecule has 6 nitrogen and oxygen atoms in total. The van der Waals surface area contributed by atoms with Crippen molar-refractivity contribution >= 4 is 5.97 Å². The third kappa shape index (κ3) is 2.61. The van der Waals surface area contributed by atoms with Crippen molar-refractivity contribution < 1.29 is 14.6 Å². The first-order valence-corrected chi connectivity index (χ1v) is 6.96. The molecule has 1 N–H and O–H groups in total. The first-order chi connectivity index (χ1) is 10.2. The number of aliphatic carboxylic acids is 1. The van der Waals surface area contributed by atoms with Crippen LogP contribution in [0.15, 0.2) is 24.3 Å². The maximum absolute atomic E-state index is 11.3. The zero-order chi connectivity index (χ0) is 14.8. The Kier molecular flexibility index (Phi) is 3.60. The molecule has 6 heteroatoms. The van der Waals surface area contributed by atoms with Crippen LogP contribution in [0.2, 0.25) is 0 Å². The number of ether oxygens (including phenoxy) is 1. The number of fused-ring (bicyclic) bond motifs is 1. The number of hydrogen-bond donors (Lipinski definition) is 1. The molecule has 1 atom stereocenters. The van der Waals surface area contributed by atoms with E-state index in [0.29, 0.717) is 18.7 Å². The molecule has 1 aliphatic rings. The lowest BCUT2D eigenvalue weighted by Crippen LogP contribution is -2.23. The van der Waals surface area contributed by atoms with Crippen molar-refractivity contribution in [1.29, 1.82) is 0 Å². The number of hydrogen-bond acceptors (Lipinski definition) is 4. The Balaban J connectivity index is 1.89. The van der Waals surface area contributed by atoms with Crippen molar-refractivity contribution in [2.24, 2.45) is 0 Å². The fraction of sp³-hybridized carbons (Fsp3) is 0.400. The zero-order valence-electron chi connectivity index (χ0n) is 11.8. The second-order valence-corrected chi connectivity index (χ2v) is 5.19. The number of methoxy groups -OCH3 is 1. The predicted molar refractivity (Wildman–Crippen MR) is 75.4 cm³/mol. The molecule has 0 spiro atoms. The maximum Gasteiger partial charge on any atom is 0.314 e. The van der Waals surface area contributed by atoms with E-state index in [2.05, 4.69) is 10.2 Å². The van der Waals surface area contributed by atoms with Gasteiger partial charge in [0, 0.05) is 13.0 Å². The summed E-state index contributed by atoms with van der Waals surface area (Å²) in [5.74, 6) is 0.826. The SMILES string of the molecule is COc1cccc(Cc2nnc3n2CCCC3C(=O)O)c1. The van der Waals surface area contributed by atoms with Gasteiger partial charge in [0.15, 0.2) is 0 Å². The van der Waals surface area contributed by atoms with E-state index in [4.69, 9.17) is 4.74 Å². The van der Waals surface area contributed by atoms with Crippen molar-refractivity contribution in [3.8, 4) is 5.75 Å². The van der Waals surface area contributed by atoms with E-state index in [0.717, 1.165) is 30.1 Å². The Labute approximate surface area is 122 Å². The van der Waals surface area contributed by atoms with E-state index in [9.17, 15) is 9.90 Å². The average molecular weight is 287 g/mol. The normalized spacial score (nSPS) is 17.3. The molecule has 1 aromatic heterocycles. The molecule has 2 aromatic rings. The van der Waals surface area contributed by atoms with Gasteiger partial charge in [-0.05, 0) is 30.5 Å². The Bertz CT molecular complexity index is 666. The van der Waals surface area contributed by atoms with Crippen molar-refractivity contribution in [2.45, 2.75) is 31.7 Å². The Morgan fingerprint density at radius 1 is 1.48 bits per heavy atom. The number of carboxylic acid groups (broad SMARTS) is 1. The minimum Gasteiger partial charge on any atom is -0.497 e. The van der Waals surface area contributed by atoms with Crippen molar-refractivity contribution in [3.05, 3.63) is 41.5 Å². The standard InChI is InChI=1S/C15H17N3O3/c1-21-11-5-2-4-10(8-11)9-13-16-17-14-12(15(19)20)6-3-7-18(13)14/h2,4-5,8,12H,3,6-7,9H2,1H3,(H,19,20). The van der Waals surface area contributed by atoms with E-state index in [-0.39, 0.29) is 0 Å². The van der Waals surface area contributed by atoms with Crippen LogP contribution in [0.4, 0.5) is 0 Å². The molecule has 2 heterocycles. The minimum atomic E-state index is -0.823. The van der Waals surface area contributed by atoms with E-state index >= 15 is 0 Å². The Morgan fingerprint density at radius 2 is 2.33 bits per heavy atom. The van der Waals surface area contributed by atoms with Gasteiger partial charge < -0.3 is 14.4 Å². The molecule has 110 valence electrons.